The van der Waals surface area contributed by atoms with Crippen molar-refractivity contribution in [3.63, 3.8) is 0 Å². The van der Waals surface area contributed by atoms with Crippen LogP contribution in [0.5, 0.6) is 0 Å². The first kappa shape index (κ1) is 12.6. The highest BCUT2D eigenvalue weighted by Gasteiger charge is 2.14. The van der Waals surface area contributed by atoms with Gasteiger partial charge in [0.25, 0.3) is 5.43 Å². The molecule has 6 heteroatoms. The van der Waals surface area contributed by atoms with Gasteiger partial charge < -0.3 is 5.11 Å². The van der Waals surface area contributed by atoms with Crippen LogP contribution in [0.4, 0.5) is 0 Å². The summed E-state index contributed by atoms with van der Waals surface area (Å²) in [5.74, 6) is -0.879. The van der Waals surface area contributed by atoms with E-state index in [1.165, 1.54) is 12.3 Å². The van der Waals surface area contributed by atoms with Crippen molar-refractivity contribution in [1.29, 1.82) is 0 Å². The Kier molecular flexibility index (Phi) is 3.42. The van der Waals surface area contributed by atoms with Gasteiger partial charge in [0, 0.05) is 6.20 Å². The molecule has 2 aliphatic heterocycles. The van der Waals surface area contributed by atoms with Crippen molar-refractivity contribution in [2.24, 2.45) is 0 Å². The predicted molar refractivity (Wildman–Crippen MR) is 67.0 cm³/mol. The zero-order valence-corrected chi connectivity index (χ0v) is 9.61. The van der Waals surface area contributed by atoms with E-state index in [9.17, 15) is 14.4 Å². The Hall–Kier alpha value is -2.89. The summed E-state index contributed by atoms with van der Waals surface area (Å²) < 4.78 is 0. The highest BCUT2D eigenvalue weighted by atomic mass is 16.4. The summed E-state index contributed by atoms with van der Waals surface area (Å²) in [5.41, 5.74) is -0.393. The maximum atomic E-state index is 10.8. The van der Waals surface area contributed by atoms with Crippen LogP contribution in [0, 0.1) is 0 Å². The lowest BCUT2D eigenvalue weighted by molar-refractivity contribution is 0.0697. The number of hydrogen-bond donors (Lipinski definition) is 1. The third-order valence-electron chi connectivity index (χ3n) is 2.33. The van der Waals surface area contributed by atoms with Crippen LogP contribution in [0.3, 0.4) is 0 Å². The maximum Gasteiger partial charge on any atom is 0.335 e. The molecular weight excluding hydrogens is 248 g/mol. The first-order chi connectivity index (χ1) is 9.09. The zero-order chi connectivity index (χ0) is 13.8. The second kappa shape index (κ2) is 5.18. The number of fused-ring (bicyclic) bond motifs is 1. The Morgan fingerprint density at radius 1 is 1.05 bits per heavy atom. The van der Waals surface area contributed by atoms with Crippen molar-refractivity contribution in [3.05, 3.63) is 68.7 Å². The summed E-state index contributed by atoms with van der Waals surface area (Å²) in [4.78, 5) is 38.6. The lowest BCUT2D eigenvalue weighted by Gasteiger charge is -1.88. The van der Waals surface area contributed by atoms with E-state index in [1.807, 2.05) is 0 Å². The lowest BCUT2D eigenvalue weighted by Crippen LogP contribution is -2.19. The predicted octanol–water partition coefficient (Wildman–Crippen LogP) is 0.562. The molecule has 1 aromatic carbocycles. The zero-order valence-electron chi connectivity index (χ0n) is 9.61. The van der Waals surface area contributed by atoms with Gasteiger partial charge in [-0.3, -0.25) is 14.6 Å². The van der Waals surface area contributed by atoms with Gasteiger partial charge in [-0.15, -0.1) is 0 Å². The lowest BCUT2D eigenvalue weighted by atomic mass is 10.2. The standard InChI is InChI=1S/C7H6O2.C6H2N2O2/c8-7(9)6-4-2-1-3-5-6;9-5-4-3(1-2-7-4)8-6(5)10/h1-5H,(H,8,9);1-2H. The van der Waals surface area contributed by atoms with Crippen LogP contribution < -0.4 is 11.0 Å². The van der Waals surface area contributed by atoms with Crippen LogP contribution in [0.1, 0.15) is 10.4 Å². The summed E-state index contributed by atoms with van der Waals surface area (Å²) in [6, 6.07) is 9.84. The summed E-state index contributed by atoms with van der Waals surface area (Å²) in [6.07, 6.45) is 1.46. The van der Waals surface area contributed by atoms with Gasteiger partial charge in [-0.1, -0.05) is 18.2 Å². The fourth-order valence-electron chi connectivity index (χ4n) is 1.43. The Bertz CT molecular complexity index is 745. The van der Waals surface area contributed by atoms with E-state index in [0.717, 1.165) is 0 Å². The Morgan fingerprint density at radius 2 is 1.74 bits per heavy atom. The molecule has 6 nitrogen and oxygen atoms in total. The molecule has 0 spiro atoms. The molecular formula is C13H8N2O4. The number of carboxylic acids is 1. The van der Waals surface area contributed by atoms with Crippen LogP contribution in [-0.4, -0.2) is 21.0 Å². The number of carbonyl (C=O) groups is 1. The summed E-state index contributed by atoms with van der Waals surface area (Å²) in [7, 11) is 0. The molecule has 94 valence electrons. The number of rotatable bonds is 1. The van der Waals surface area contributed by atoms with Crippen LogP contribution >= 0.6 is 0 Å². The highest BCUT2D eigenvalue weighted by molar-refractivity contribution is 5.87. The molecule has 1 aromatic rings. The van der Waals surface area contributed by atoms with Gasteiger partial charge in [-0.2, -0.15) is 0 Å². The van der Waals surface area contributed by atoms with Gasteiger partial charge in [0.2, 0.25) is 0 Å². The Balaban J connectivity index is 0.000000141. The van der Waals surface area contributed by atoms with E-state index in [1.54, 1.807) is 30.3 Å². The molecule has 2 heterocycles. The molecule has 0 radical (unpaired) electrons. The molecule has 19 heavy (non-hydrogen) atoms. The second-order valence-corrected chi connectivity index (χ2v) is 3.60. The third-order valence-corrected chi connectivity index (χ3v) is 2.33. The van der Waals surface area contributed by atoms with Crippen molar-refractivity contribution < 1.29 is 9.90 Å². The van der Waals surface area contributed by atoms with Crippen molar-refractivity contribution in [3.8, 4) is 11.4 Å². The maximum absolute atomic E-state index is 10.8. The van der Waals surface area contributed by atoms with E-state index in [4.69, 9.17) is 5.11 Å². The molecule has 0 aromatic heterocycles. The van der Waals surface area contributed by atoms with Gasteiger partial charge in [-0.05, 0) is 18.2 Å². The number of hydrogen-bond acceptors (Lipinski definition) is 5. The van der Waals surface area contributed by atoms with Gasteiger partial charge in [0.1, 0.15) is 5.69 Å². The number of carboxylic acid groups (broad SMARTS) is 1. The molecule has 0 amide bonds. The van der Waals surface area contributed by atoms with E-state index < -0.39 is 17.0 Å². The van der Waals surface area contributed by atoms with E-state index in [0.29, 0.717) is 11.3 Å². The Labute approximate surface area is 107 Å². The smallest absolute Gasteiger partial charge is 0.335 e. The van der Waals surface area contributed by atoms with Crippen LogP contribution in [0.25, 0.3) is 11.4 Å². The first-order valence-electron chi connectivity index (χ1n) is 5.30. The van der Waals surface area contributed by atoms with E-state index in [-0.39, 0.29) is 5.69 Å². The third kappa shape index (κ3) is 2.68. The first-order valence-corrected chi connectivity index (χ1v) is 5.30. The number of nitrogens with zero attached hydrogens (tertiary/aromatic N) is 2. The number of aromatic carboxylic acids is 1. The molecule has 0 bridgehead atoms. The fraction of sp³-hybridized carbons (Fsp3) is 0. The highest BCUT2D eigenvalue weighted by Crippen LogP contribution is 2.08. The molecule has 0 aliphatic carbocycles. The SMILES string of the molecule is O=C(O)c1ccccc1.O=c1nc2ccnc-2c1=O. The summed E-state index contributed by atoms with van der Waals surface area (Å²) in [6.45, 7) is 0. The van der Waals surface area contributed by atoms with Crippen molar-refractivity contribution in [1.82, 2.24) is 9.97 Å². The normalized spacial score (nSPS) is 9.89. The van der Waals surface area contributed by atoms with Gasteiger partial charge in [-0.25, -0.2) is 9.78 Å². The number of benzene rings is 1. The monoisotopic (exact) mass is 256 g/mol. The largest absolute Gasteiger partial charge is 0.478 e. The molecule has 0 atom stereocenters. The van der Waals surface area contributed by atoms with Crippen molar-refractivity contribution >= 4 is 5.97 Å². The fourth-order valence-corrected chi connectivity index (χ4v) is 1.43. The van der Waals surface area contributed by atoms with Crippen LogP contribution in [-0.2, 0) is 0 Å². The van der Waals surface area contributed by atoms with Gasteiger partial charge in [0.05, 0.1) is 11.3 Å². The minimum atomic E-state index is -0.879. The van der Waals surface area contributed by atoms with E-state index in [2.05, 4.69) is 9.97 Å². The average molecular weight is 256 g/mol. The minimum absolute atomic E-state index is 0.185. The second-order valence-electron chi connectivity index (χ2n) is 3.60. The molecule has 1 N–H and O–H groups in total. The molecule has 0 saturated carbocycles. The van der Waals surface area contributed by atoms with Gasteiger partial charge >= 0.3 is 11.5 Å². The van der Waals surface area contributed by atoms with Crippen molar-refractivity contribution in [2.45, 2.75) is 0 Å². The minimum Gasteiger partial charge on any atom is -0.478 e. The molecule has 0 fully saturated rings. The quantitative estimate of drug-likeness (QED) is 0.639. The summed E-state index contributed by atoms with van der Waals surface area (Å²) in [5, 5.41) is 8.38. The van der Waals surface area contributed by atoms with E-state index >= 15 is 0 Å². The van der Waals surface area contributed by atoms with Crippen molar-refractivity contribution in [2.75, 3.05) is 0 Å². The van der Waals surface area contributed by atoms with Crippen LogP contribution in [0.15, 0.2) is 52.2 Å². The van der Waals surface area contributed by atoms with Gasteiger partial charge in [0.15, 0.2) is 0 Å². The topological polar surface area (TPSA) is 97.2 Å². The molecule has 3 rings (SSSR count). The summed E-state index contributed by atoms with van der Waals surface area (Å²) >= 11 is 0. The molecule has 2 aliphatic rings. The molecule has 0 unspecified atom stereocenters. The number of aromatic nitrogens is 2. The average Bonchev–Trinajstić information content (AvgIpc) is 2.96. The molecule has 0 saturated heterocycles. The van der Waals surface area contributed by atoms with Crippen LogP contribution in [0.2, 0.25) is 0 Å². The Morgan fingerprint density at radius 3 is 2.26 bits per heavy atom.